The van der Waals surface area contributed by atoms with Crippen molar-refractivity contribution in [1.82, 2.24) is 0 Å². The molecule has 1 heteroatoms. The summed E-state index contributed by atoms with van der Waals surface area (Å²) in [5, 5.41) is 3.12. The van der Waals surface area contributed by atoms with Gasteiger partial charge in [0.2, 0.25) is 0 Å². The van der Waals surface area contributed by atoms with Gasteiger partial charge in [0.05, 0.1) is 0 Å². The van der Waals surface area contributed by atoms with E-state index in [-0.39, 0.29) is 0 Å². The minimum atomic E-state index is -1.71. The summed E-state index contributed by atoms with van der Waals surface area (Å²) in [6.45, 7) is 4.03. The van der Waals surface area contributed by atoms with Crippen LogP contribution in [0.3, 0.4) is 0 Å². The standard InChI is InChI=1S/C20H22Si/c1-2-18-11-9-10-16-21(17-18,19-12-5-3-6-13-19)20-14-7-4-8-15-20/h2-8,11-15H,1,9-10,16-17H2. The summed E-state index contributed by atoms with van der Waals surface area (Å²) < 4.78 is 0. The number of rotatable bonds is 3. The fourth-order valence-corrected chi connectivity index (χ4v) is 8.48. The molecule has 2 aromatic carbocycles. The Morgan fingerprint density at radius 3 is 1.95 bits per heavy atom. The highest BCUT2D eigenvalue weighted by molar-refractivity contribution is 7.02. The molecule has 1 aliphatic heterocycles. The largest absolute Gasteiger partial charge is 0.122 e. The van der Waals surface area contributed by atoms with Crippen LogP contribution in [0.25, 0.3) is 0 Å². The maximum absolute atomic E-state index is 4.03. The molecule has 21 heavy (non-hydrogen) atoms. The molecule has 0 bridgehead atoms. The van der Waals surface area contributed by atoms with Crippen molar-refractivity contribution in [3.05, 3.63) is 85.0 Å². The summed E-state index contributed by atoms with van der Waals surface area (Å²) in [5.41, 5.74) is 1.44. The van der Waals surface area contributed by atoms with Gasteiger partial charge in [0.25, 0.3) is 0 Å². The highest BCUT2D eigenvalue weighted by atomic mass is 28.3. The summed E-state index contributed by atoms with van der Waals surface area (Å²) >= 11 is 0. The van der Waals surface area contributed by atoms with E-state index >= 15 is 0 Å². The third kappa shape index (κ3) is 2.79. The van der Waals surface area contributed by atoms with Crippen molar-refractivity contribution >= 4 is 18.4 Å². The van der Waals surface area contributed by atoms with Gasteiger partial charge >= 0.3 is 0 Å². The monoisotopic (exact) mass is 290 g/mol. The maximum atomic E-state index is 4.03. The van der Waals surface area contributed by atoms with Gasteiger partial charge in [-0.2, -0.15) is 0 Å². The molecule has 1 heterocycles. The Morgan fingerprint density at radius 2 is 1.43 bits per heavy atom. The highest BCUT2D eigenvalue weighted by Gasteiger charge is 2.37. The molecule has 0 N–H and O–H groups in total. The molecule has 0 saturated heterocycles. The minimum Gasteiger partial charge on any atom is -0.0988 e. The Hall–Kier alpha value is -1.86. The smallest absolute Gasteiger partial charge is 0.0988 e. The van der Waals surface area contributed by atoms with Gasteiger partial charge in [0.1, 0.15) is 8.07 Å². The zero-order chi connectivity index (χ0) is 14.5. The van der Waals surface area contributed by atoms with Crippen LogP contribution in [0, 0.1) is 0 Å². The Morgan fingerprint density at radius 1 is 0.857 bits per heavy atom. The SMILES string of the molecule is C=CC1=CCCC[Si](c2ccccc2)(c2ccccc2)C1. The van der Waals surface area contributed by atoms with Gasteiger partial charge in [-0.15, -0.1) is 0 Å². The number of allylic oxidation sites excluding steroid dienone is 3. The van der Waals surface area contributed by atoms with Crippen LogP contribution in [0.15, 0.2) is 85.0 Å². The number of hydrogen-bond donors (Lipinski definition) is 0. The predicted molar refractivity (Wildman–Crippen MR) is 95.0 cm³/mol. The molecule has 1 aliphatic rings. The van der Waals surface area contributed by atoms with Crippen molar-refractivity contribution in [2.75, 3.05) is 0 Å². The van der Waals surface area contributed by atoms with Gasteiger partial charge in [-0.05, 0) is 18.5 Å². The van der Waals surface area contributed by atoms with Crippen molar-refractivity contribution < 1.29 is 0 Å². The Kier molecular flexibility index (Phi) is 4.21. The quantitative estimate of drug-likeness (QED) is 0.745. The van der Waals surface area contributed by atoms with E-state index in [4.69, 9.17) is 0 Å². The molecule has 0 saturated carbocycles. The average molecular weight is 290 g/mol. The van der Waals surface area contributed by atoms with Crippen LogP contribution in [-0.2, 0) is 0 Å². The molecular formula is C20H22Si. The predicted octanol–water partition coefficient (Wildman–Crippen LogP) is 4.16. The van der Waals surface area contributed by atoms with Crippen LogP contribution in [0.1, 0.15) is 12.8 Å². The minimum absolute atomic E-state index is 1.19. The Bertz CT molecular complexity index is 586. The van der Waals surface area contributed by atoms with Crippen LogP contribution in [0.5, 0.6) is 0 Å². The van der Waals surface area contributed by atoms with Crippen molar-refractivity contribution in [2.45, 2.75) is 24.9 Å². The van der Waals surface area contributed by atoms with Crippen LogP contribution < -0.4 is 10.4 Å². The van der Waals surface area contributed by atoms with Gasteiger partial charge < -0.3 is 0 Å². The average Bonchev–Trinajstić information content (AvgIpc) is 2.80. The molecule has 0 fully saturated rings. The van der Waals surface area contributed by atoms with Crippen molar-refractivity contribution in [2.24, 2.45) is 0 Å². The van der Waals surface area contributed by atoms with Crippen molar-refractivity contribution in [3.8, 4) is 0 Å². The fourth-order valence-electron chi connectivity index (χ4n) is 3.53. The molecular weight excluding hydrogens is 268 g/mol. The molecule has 2 aromatic rings. The summed E-state index contributed by atoms with van der Waals surface area (Å²) in [6, 6.07) is 24.9. The number of benzene rings is 2. The molecule has 0 radical (unpaired) electrons. The topological polar surface area (TPSA) is 0 Å². The maximum Gasteiger partial charge on any atom is 0.122 e. The van der Waals surface area contributed by atoms with Crippen molar-refractivity contribution in [3.63, 3.8) is 0 Å². The van der Waals surface area contributed by atoms with Gasteiger partial charge in [-0.25, -0.2) is 0 Å². The first-order valence-electron chi connectivity index (χ1n) is 7.78. The lowest BCUT2D eigenvalue weighted by atomic mass is 10.2. The lowest BCUT2D eigenvalue weighted by molar-refractivity contribution is 0.947. The molecule has 0 nitrogen and oxygen atoms in total. The second-order valence-electron chi connectivity index (χ2n) is 5.87. The zero-order valence-corrected chi connectivity index (χ0v) is 13.5. The Balaban J connectivity index is 2.15. The Labute approximate surface area is 128 Å². The second kappa shape index (κ2) is 6.27. The lowest BCUT2D eigenvalue weighted by Gasteiger charge is -2.32. The van der Waals surface area contributed by atoms with Crippen LogP contribution in [0.2, 0.25) is 12.1 Å². The third-order valence-electron chi connectivity index (χ3n) is 4.64. The van der Waals surface area contributed by atoms with E-state index in [0.717, 1.165) is 0 Å². The van der Waals surface area contributed by atoms with E-state index in [1.165, 1.54) is 30.5 Å². The van der Waals surface area contributed by atoms with Crippen LogP contribution in [-0.4, -0.2) is 8.07 Å². The molecule has 106 valence electrons. The van der Waals surface area contributed by atoms with E-state index in [1.807, 2.05) is 0 Å². The molecule has 3 rings (SSSR count). The van der Waals surface area contributed by atoms with Crippen molar-refractivity contribution in [1.29, 1.82) is 0 Å². The molecule has 0 atom stereocenters. The first-order chi connectivity index (χ1) is 10.3. The molecule has 0 aromatic heterocycles. The third-order valence-corrected chi connectivity index (χ3v) is 9.73. The lowest BCUT2D eigenvalue weighted by Crippen LogP contribution is -2.57. The van der Waals surface area contributed by atoms with E-state index in [1.54, 1.807) is 10.4 Å². The zero-order valence-electron chi connectivity index (χ0n) is 12.5. The van der Waals surface area contributed by atoms with E-state index < -0.39 is 8.07 Å². The number of hydrogen-bond acceptors (Lipinski definition) is 0. The fraction of sp³-hybridized carbons (Fsp3) is 0.200. The molecule has 0 spiro atoms. The summed E-state index contributed by atoms with van der Waals surface area (Å²) in [5.74, 6) is 0. The highest BCUT2D eigenvalue weighted by Crippen LogP contribution is 2.28. The van der Waals surface area contributed by atoms with Crippen LogP contribution in [0.4, 0.5) is 0 Å². The van der Waals surface area contributed by atoms with Gasteiger partial charge in [-0.3, -0.25) is 0 Å². The van der Waals surface area contributed by atoms with E-state index in [2.05, 4.69) is 79.4 Å². The van der Waals surface area contributed by atoms with Gasteiger partial charge in [-0.1, -0.05) is 102 Å². The second-order valence-corrected chi connectivity index (χ2v) is 10.0. The molecule has 0 amide bonds. The summed E-state index contributed by atoms with van der Waals surface area (Å²) in [6.07, 6.45) is 6.94. The summed E-state index contributed by atoms with van der Waals surface area (Å²) in [7, 11) is -1.71. The van der Waals surface area contributed by atoms with Crippen LogP contribution >= 0.6 is 0 Å². The van der Waals surface area contributed by atoms with E-state index in [9.17, 15) is 0 Å². The molecule has 0 aliphatic carbocycles. The first kappa shape index (κ1) is 14.1. The first-order valence-corrected chi connectivity index (χ1v) is 10.2. The van der Waals surface area contributed by atoms with Gasteiger partial charge in [0.15, 0.2) is 0 Å². The summed E-state index contributed by atoms with van der Waals surface area (Å²) in [4.78, 5) is 0. The van der Waals surface area contributed by atoms with Gasteiger partial charge in [0, 0.05) is 0 Å². The molecule has 0 unspecified atom stereocenters. The van der Waals surface area contributed by atoms with E-state index in [0.29, 0.717) is 0 Å². The normalized spacial score (nSPS) is 17.6.